The lowest BCUT2D eigenvalue weighted by Gasteiger charge is -2.37. The van der Waals surface area contributed by atoms with Gasteiger partial charge in [-0.1, -0.05) is 33.6 Å². The first-order valence-electron chi connectivity index (χ1n) is 5.98. The van der Waals surface area contributed by atoms with Gasteiger partial charge in [0, 0.05) is 6.54 Å². The highest BCUT2D eigenvalue weighted by Gasteiger charge is 2.37. The van der Waals surface area contributed by atoms with Crippen molar-refractivity contribution in [3.63, 3.8) is 0 Å². The van der Waals surface area contributed by atoms with E-state index in [0.29, 0.717) is 10.8 Å². The quantitative estimate of drug-likeness (QED) is 0.669. The molecule has 0 unspecified atom stereocenters. The molecular formula is C13H27N. The fourth-order valence-corrected chi connectivity index (χ4v) is 3.31. The third-order valence-corrected chi connectivity index (χ3v) is 3.22. The molecule has 84 valence electrons. The van der Waals surface area contributed by atoms with Crippen LogP contribution >= 0.6 is 0 Å². The van der Waals surface area contributed by atoms with Crippen molar-refractivity contribution < 1.29 is 0 Å². The Morgan fingerprint density at radius 1 is 1.07 bits per heavy atom. The maximum Gasteiger partial charge on any atom is 0.00321 e. The lowest BCUT2D eigenvalue weighted by Crippen LogP contribution is -2.34. The molecule has 1 rings (SSSR count). The number of hydrogen-bond acceptors (Lipinski definition) is 1. The second-order valence-electron chi connectivity index (χ2n) is 6.68. The summed E-state index contributed by atoms with van der Waals surface area (Å²) >= 11 is 0. The first-order valence-corrected chi connectivity index (χ1v) is 5.98. The zero-order chi connectivity index (χ0) is 10.8. The summed E-state index contributed by atoms with van der Waals surface area (Å²) in [4.78, 5) is 2.37. The van der Waals surface area contributed by atoms with Gasteiger partial charge < -0.3 is 4.90 Å². The molecule has 0 aromatic carbocycles. The smallest absolute Gasteiger partial charge is 0.00321 e. The second-order valence-corrected chi connectivity index (χ2v) is 6.68. The Morgan fingerprint density at radius 3 is 1.93 bits per heavy atom. The summed E-state index contributed by atoms with van der Waals surface area (Å²) in [7, 11) is 4.42. The van der Waals surface area contributed by atoms with Gasteiger partial charge >= 0.3 is 0 Å². The maximum atomic E-state index is 2.38. The molecule has 0 N–H and O–H groups in total. The monoisotopic (exact) mass is 197 g/mol. The Bertz CT molecular complexity index is 170. The number of hydrogen-bond donors (Lipinski definition) is 0. The Kier molecular flexibility index (Phi) is 3.63. The molecule has 1 aliphatic carbocycles. The van der Waals surface area contributed by atoms with E-state index >= 15 is 0 Å². The van der Waals surface area contributed by atoms with E-state index in [-0.39, 0.29) is 0 Å². The van der Waals surface area contributed by atoms with Crippen LogP contribution in [0, 0.1) is 10.8 Å². The molecule has 0 spiro atoms. The largest absolute Gasteiger partial charge is 0.309 e. The third kappa shape index (κ3) is 3.61. The minimum absolute atomic E-state index is 0.486. The highest BCUT2D eigenvalue weighted by atomic mass is 15.1. The predicted molar refractivity (Wildman–Crippen MR) is 63.5 cm³/mol. The average molecular weight is 197 g/mol. The van der Waals surface area contributed by atoms with Crippen molar-refractivity contribution in [1.29, 1.82) is 0 Å². The van der Waals surface area contributed by atoms with Crippen LogP contribution < -0.4 is 0 Å². The molecule has 1 saturated carbocycles. The van der Waals surface area contributed by atoms with Gasteiger partial charge in [0.25, 0.3) is 0 Å². The van der Waals surface area contributed by atoms with Crippen LogP contribution in [0.5, 0.6) is 0 Å². The third-order valence-electron chi connectivity index (χ3n) is 3.22. The van der Waals surface area contributed by atoms with Gasteiger partial charge in [-0.15, -0.1) is 0 Å². The molecule has 0 radical (unpaired) electrons. The zero-order valence-electron chi connectivity index (χ0n) is 10.7. The Balaban J connectivity index is 2.62. The van der Waals surface area contributed by atoms with Gasteiger partial charge in [0.05, 0.1) is 0 Å². The van der Waals surface area contributed by atoms with Crippen LogP contribution in [0.3, 0.4) is 0 Å². The lowest BCUT2D eigenvalue weighted by molar-refractivity contribution is 0.130. The van der Waals surface area contributed by atoms with E-state index in [2.05, 4.69) is 39.8 Å². The molecule has 0 aliphatic heterocycles. The SMILES string of the molecule is CN(C)CC1(CC(C)(C)C)CCCC1. The van der Waals surface area contributed by atoms with Gasteiger partial charge in [-0.25, -0.2) is 0 Å². The van der Waals surface area contributed by atoms with Crippen LogP contribution in [0.15, 0.2) is 0 Å². The summed E-state index contributed by atoms with van der Waals surface area (Å²) in [6.07, 6.45) is 7.18. The molecule has 0 atom stereocenters. The zero-order valence-corrected chi connectivity index (χ0v) is 10.7. The van der Waals surface area contributed by atoms with Crippen molar-refractivity contribution in [2.45, 2.75) is 52.9 Å². The van der Waals surface area contributed by atoms with Crippen LogP contribution in [-0.4, -0.2) is 25.5 Å². The summed E-state index contributed by atoms with van der Waals surface area (Å²) in [5, 5.41) is 0. The Morgan fingerprint density at radius 2 is 1.57 bits per heavy atom. The molecule has 0 amide bonds. The topological polar surface area (TPSA) is 3.24 Å². The summed E-state index contributed by atoms with van der Waals surface area (Å²) in [5.74, 6) is 0. The van der Waals surface area contributed by atoms with Crippen molar-refractivity contribution in [2.24, 2.45) is 10.8 Å². The first kappa shape index (κ1) is 12.0. The summed E-state index contributed by atoms with van der Waals surface area (Å²) < 4.78 is 0. The van der Waals surface area contributed by atoms with Gasteiger partial charge in [0.2, 0.25) is 0 Å². The maximum absolute atomic E-state index is 2.38. The highest BCUT2D eigenvalue weighted by molar-refractivity contribution is 4.89. The van der Waals surface area contributed by atoms with Gasteiger partial charge in [0.1, 0.15) is 0 Å². The average Bonchev–Trinajstić information content (AvgIpc) is 2.30. The van der Waals surface area contributed by atoms with Gasteiger partial charge in [-0.2, -0.15) is 0 Å². The van der Waals surface area contributed by atoms with Crippen LogP contribution in [0.1, 0.15) is 52.9 Å². The van der Waals surface area contributed by atoms with Gasteiger partial charge in [0.15, 0.2) is 0 Å². The minimum Gasteiger partial charge on any atom is -0.309 e. The number of rotatable bonds is 3. The molecule has 0 saturated heterocycles. The van der Waals surface area contributed by atoms with E-state index in [1.54, 1.807) is 0 Å². The molecular weight excluding hydrogens is 170 g/mol. The molecule has 1 nitrogen and oxygen atoms in total. The molecule has 0 aromatic rings. The molecule has 0 heterocycles. The van der Waals surface area contributed by atoms with E-state index < -0.39 is 0 Å². The van der Waals surface area contributed by atoms with Crippen LogP contribution in [-0.2, 0) is 0 Å². The summed E-state index contributed by atoms with van der Waals surface area (Å²) in [6.45, 7) is 8.42. The molecule has 0 bridgehead atoms. The van der Waals surface area contributed by atoms with E-state index in [4.69, 9.17) is 0 Å². The second kappa shape index (κ2) is 4.22. The van der Waals surface area contributed by atoms with Gasteiger partial charge in [-0.05, 0) is 44.2 Å². The number of nitrogens with zero attached hydrogens (tertiary/aromatic N) is 1. The Labute approximate surface area is 89.9 Å². The van der Waals surface area contributed by atoms with Crippen molar-refractivity contribution in [3.05, 3.63) is 0 Å². The van der Waals surface area contributed by atoms with Crippen molar-refractivity contribution in [3.8, 4) is 0 Å². The van der Waals surface area contributed by atoms with Crippen molar-refractivity contribution >= 4 is 0 Å². The van der Waals surface area contributed by atoms with Crippen molar-refractivity contribution in [1.82, 2.24) is 4.90 Å². The summed E-state index contributed by atoms with van der Waals surface area (Å²) in [6, 6.07) is 0. The van der Waals surface area contributed by atoms with Crippen LogP contribution in [0.4, 0.5) is 0 Å². The van der Waals surface area contributed by atoms with Gasteiger partial charge in [-0.3, -0.25) is 0 Å². The van der Waals surface area contributed by atoms with E-state index in [1.807, 2.05) is 0 Å². The fraction of sp³-hybridized carbons (Fsp3) is 1.00. The fourth-order valence-electron chi connectivity index (χ4n) is 3.31. The molecule has 1 fully saturated rings. The molecule has 0 aromatic heterocycles. The van der Waals surface area contributed by atoms with E-state index in [0.717, 1.165) is 0 Å². The molecule has 1 heteroatoms. The van der Waals surface area contributed by atoms with Crippen LogP contribution in [0.2, 0.25) is 0 Å². The predicted octanol–water partition coefficient (Wildman–Crippen LogP) is 3.54. The normalized spacial score (nSPS) is 21.9. The molecule has 1 aliphatic rings. The summed E-state index contributed by atoms with van der Waals surface area (Å²) in [5.41, 5.74) is 1.11. The van der Waals surface area contributed by atoms with E-state index in [1.165, 1.54) is 38.6 Å². The lowest BCUT2D eigenvalue weighted by atomic mass is 9.72. The highest BCUT2D eigenvalue weighted by Crippen LogP contribution is 2.46. The Hall–Kier alpha value is -0.0400. The first-order chi connectivity index (χ1) is 6.33. The standard InChI is InChI=1S/C13H27N/c1-12(2,3)10-13(11-14(4)5)8-6-7-9-13/h6-11H2,1-5H3. The van der Waals surface area contributed by atoms with Crippen LogP contribution in [0.25, 0.3) is 0 Å². The van der Waals surface area contributed by atoms with E-state index in [9.17, 15) is 0 Å². The van der Waals surface area contributed by atoms with Crippen molar-refractivity contribution in [2.75, 3.05) is 20.6 Å². The minimum atomic E-state index is 0.486. The molecule has 14 heavy (non-hydrogen) atoms.